The molecule has 1 heterocycles. The van der Waals surface area contributed by atoms with Crippen LogP contribution < -0.4 is 10.5 Å². The summed E-state index contributed by atoms with van der Waals surface area (Å²) < 4.78 is 11.3. The Morgan fingerprint density at radius 2 is 2.05 bits per heavy atom. The van der Waals surface area contributed by atoms with Gasteiger partial charge in [-0.05, 0) is 25.1 Å². The lowest BCUT2D eigenvalue weighted by molar-refractivity contribution is 0.413. The van der Waals surface area contributed by atoms with Crippen LogP contribution in [0.4, 0.5) is 0 Å². The van der Waals surface area contributed by atoms with Crippen molar-refractivity contribution in [3.63, 3.8) is 0 Å². The van der Waals surface area contributed by atoms with E-state index in [1.54, 1.807) is 7.11 Å². The van der Waals surface area contributed by atoms with E-state index in [0.29, 0.717) is 13.0 Å². The van der Waals surface area contributed by atoms with Gasteiger partial charge in [-0.15, -0.1) is 0 Å². The minimum atomic E-state index is 0.556. The maximum atomic E-state index is 5.89. The Bertz CT molecular complexity index is 535. The number of ether oxygens (including phenoxy) is 1. The normalized spacial score (nSPS) is 10.7. The van der Waals surface area contributed by atoms with Gasteiger partial charge in [-0.1, -0.05) is 19.1 Å². The van der Waals surface area contributed by atoms with E-state index >= 15 is 0 Å². The summed E-state index contributed by atoms with van der Waals surface area (Å²) in [5.41, 5.74) is 7.49. The van der Waals surface area contributed by atoms with Crippen molar-refractivity contribution in [1.29, 1.82) is 0 Å². The van der Waals surface area contributed by atoms with Gasteiger partial charge >= 0.3 is 0 Å². The van der Waals surface area contributed by atoms with Crippen molar-refractivity contribution in [3.8, 4) is 17.1 Å². The van der Waals surface area contributed by atoms with Crippen LogP contribution in [0.25, 0.3) is 11.3 Å². The predicted octanol–water partition coefficient (Wildman–Crippen LogP) is 2.80. The number of aromatic nitrogens is 1. The van der Waals surface area contributed by atoms with E-state index < -0.39 is 0 Å². The maximum absolute atomic E-state index is 5.89. The molecule has 4 heteroatoms. The molecule has 2 N–H and O–H groups in total. The monoisotopic (exact) mass is 260 g/mol. The summed E-state index contributed by atoms with van der Waals surface area (Å²) in [6.07, 6.45) is 2.56. The molecule has 0 saturated carbocycles. The summed E-state index contributed by atoms with van der Waals surface area (Å²) in [4.78, 5) is 4.54. The van der Waals surface area contributed by atoms with Crippen molar-refractivity contribution in [2.24, 2.45) is 5.73 Å². The molecule has 0 bridgehead atoms. The number of hydrogen-bond donors (Lipinski definition) is 1. The fourth-order valence-electron chi connectivity index (χ4n) is 2.07. The fourth-order valence-corrected chi connectivity index (χ4v) is 2.07. The van der Waals surface area contributed by atoms with Crippen LogP contribution in [-0.4, -0.2) is 18.6 Å². The molecule has 0 amide bonds. The van der Waals surface area contributed by atoms with E-state index in [0.717, 1.165) is 41.5 Å². The van der Waals surface area contributed by atoms with Gasteiger partial charge in [0.05, 0.1) is 18.4 Å². The van der Waals surface area contributed by atoms with Gasteiger partial charge in [-0.25, -0.2) is 4.98 Å². The van der Waals surface area contributed by atoms with Crippen LogP contribution in [0.1, 0.15) is 24.9 Å². The first-order valence-corrected chi connectivity index (χ1v) is 6.62. The quantitative estimate of drug-likeness (QED) is 0.867. The molecule has 0 saturated heterocycles. The molecule has 0 aliphatic heterocycles. The molecule has 0 unspecified atom stereocenters. The Morgan fingerprint density at radius 3 is 2.74 bits per heavy atom. The summed E-state index contributed by atoms with van der Waals surface area (Å²) in [6.45, 7) is 2.66. The number of hydrogen-bond acceptors (Lipinski definition) is 4. The molecule has 0 radical (unpaired) electrons. The highest BCUT2D eigenvalue weighted by molar-refractivity contribution is 5.67. The topological polar surface area (TPSA) is 61.3 Å². The lowest BCUT2D eigenvalue weighted by Crippen LogP contribution is -2.04. The van der Waals surface area contributed by atoms with Crippen molar-refractivity contribution in [2.45, 2.75) is 26.2 Å². The van der Waals surface area contributed by atoms with Gasteiger partial charge in [0, 0.05) is 12.8 Å². The van der Waals surface area contributed by atoms with Crippen LogP contribution in [-0.2, 0) is 12.8 Å². The van der Waals surface area contributed by atoms with Crippen molar-refractivity contribution in [2.75, 3.05) is 13.7 Å². The van der Waals surface area contributed by atoms with Crippen LogP contribution in [0.2, 0.25) is 0 Å². The molecule has 4 nitrogen and oxygen atoms in total. The van der Waals surface area contributed by atoms with Crippen molar-refractivity contribution in [1.82, 2.24) is 4.98 Å². The van der Waals surface area contributed by atoms with E-state index in [9.17, 15) is 0 Å². The molecule has 1 aromatic carbocycles. The van der Waals surface area contributed by atoms with Gasteiger partial charge < -0.3 is 14.9 Å². The molecular formula is C15H20N2O2. The first-order chi connectivity index (χ1) is 9.30. The number of aryl methyl sites for hydroxylation is 1. The highest BCUT2D eigenvalue weighted by Gasteiger charge is 2.17. The molecule has 0 aliphatic rings. The van der Waals surface area contributed by atoms with E-state index in [1.807, 2.05) is 24.3 Å². The molecule has 2 aromatic rings. The number of nitrogens with two attached hydrogens (primary N) is 1. The van der Waals surface area contributed by atoms with Crippen LogP contribution >= 0.6 is 0 Å². The largest absolute Gasteiger partial charge is 0.496 e. The lowest BCUT2D eigenvalue weighted by Gasteiger charge is -2.06. The minimum Gasteiger partial charge on any atom is -0.496 e. The van der Waals surface area contributed by atoms with Gasteiger partial charge in [-0.2, -0.15) is 0 Å². The second-order valence-corrected chi connectivity index (χ2v) is 4.37. The first-order valence-electron chi connectivity index (χ1n) is 6.62. The Balaban J connectivity index is 2.46. The van der Waals surface area contributed by atoms with Crippen molar-refractivity contribution < 1.29 is 9.15 Å². The second kappa shape index (κ2) is 6.38. The summed E-state index contributed by atoms with van der Waals surface area (Å²) in [5.74, 6) is 2.35. The maximum Gasteiger partial charge on any atom is 0.195 e. The first kappa shape index (κ1) is 13.6. The Labute approximate surface area is 113 Å². The second-order valence-electron chi connectivity index (χ2n) is 4.37. The number of oxazole rings is 1. The third-order valence-electron chi connectivity index (χ3n) is 2.94. The smallest absolute Gasteiger partial charge is 0.195 e. The van der Waals surface area contributed by atoms with E-state index in [-0.39, 0.29) is 0 Å². The molecule has 0 fully saturated rings. The summed E-state index contributed by atoms with van der Waals surface area (Å²) in [7, 11) is 1.66. The molecule has 102 valence electrons. The summed E-state index contributed by atoms with van der Waals surface area (Å²) in [6, 6.07) is 7.80. The molecule has 1 aromatic heterocycles. The molecular weight excluding hydrogens is 240 g/mol. The summed E-state index contributed by atoms with van der Waals surface area (Å²) >= 11 is 0. The van der Waals surface area contributed by atoms with Crippen LogP contribution in [0, 0.1) is 0 Å². The zero-order valence-electron chi connectivity index (χ0n) is 11.5. The van der Waals surface area contributed by atoms with Gasteiger partial charge in [0.1, 0.15) is 5.75 Å². The number of benzene rings is 1. The molecule has 0 atom stereocenters. The van der Waals surface area contributed by atoms with Gasteiger partial charge in [0.2, 0.25) is 0 Å². The van der Waals surface area contributed by atoms with Crippen LogP contribution in [0.5, 0.6) is 5.75 Å². The predicted molar refractivity (Wildman–Crippen MR) is 75.2 cm³/mol. The number of rotatable bonds is 6. The van der Waals surface area contributed by atoms with Gasteiger partial charge in [-0.3, -0.25) is 0 Å². The lowest BCUT2D eigenvalue weighted by atomic mass is 10.1. The van der Waals surface area contributed by atoms with Gasteiger partial charge in [0.15, 0.2) is 11.7 Å². The zero-order valence-corrected chi connectivity index (χ0v) is 11.5. The highest BCUT2D eigenvalue weighted by atomic mass is 16.5. The number of para-hydroxylation sites is 1. The average molecular weight is 260 g/mol. The van der Waals surface area contributed by atoms with Crippen LogP contribution in [0.15, 0.2) is 28.7 Å². The molecule has 0 aliphatic carbocycles. The third-order valence-corrected chi connectivity index (χ3v) is 2.94. The fraction of sp³-hybridized carbons (Fsp3) is 0.400. The molecule has 19 heavy (non-hydrogen) atoms. The standard InChI is InChI=1S/C15H20N2O2/c1-3-6-14-17-12(9-10-16)15(19-14)11-7-4-5-8-13(11)18-2/h4-5,7-8H,3,6,9-10,16H2,1-2H3. The number of nitrogens with zero attached hydrogens (tertiary/aromatic N) is 1. The highest BCUT2D eigenvalue weighted by Crippen LogP contribution is 2.33. The SMILES string of the molecule is CCCc1nc(CCN)c(-c2ccccc2OC)o1. The minimum absolute atomic E-state index is 0.556. The third kappa shape index (κ3) is 2.96. The van der Waals surface area contributed by atoms with Crippen molar-refractivity contribution >= 4 is 0 Å². The van der Waals surface area contributed by atoms with E-state index in [1.165, 1.54) is 0 Å². The molecule has 2 rings (SSSR count). The summed E-state index contributed by atoms with van der Waals surface area (Å²) in [5, 5.41) is 0. The number of methoxy groups -OCH3 is 1. The van der Waals surface area contributed by atoms with Crippen LogP contribution in [0.3, 0.4) is 0 Å². The Kier molecular flexibility index (Phi) is 4.58. The average Bonchev–Trinajstić information content (AvgIpc) is 2.82. The van der Waals surface area contributed by atoms with Gasteiger partial charge in [0.25, 0.3) is 0 Å². The van der Waals surface area contributed by atoms with Crippen molar-refractivity contribution in [3.05, 3.63) is 35.9 Å². The van der Waals surface area contributed by atoms with E-state index in [2.05, 4.69) is 11.9 Å². The van der Waals surface area contributed by atoms with E-state index in [4.69, 9.17) is 14.9 Å². The molecule has 0 spiro atoms. The zero-order chi connectivity index (χ0) is 13.7. The Morgan fingerprint density at radius 1 is 1.26 bits per heavy atom. The Hall–Kier alpha value is -1.81.